The minimum Gasteiger partial charge on any atom is -0.195 e. The summed E-state index contributed by atoms with van der Waals surface area (Å²) in [7, 11) is -12.3. The lowest BCUT2D eigenvalue weighted by atomic mass is 10.2. The Morgan fingerprint density at radius 2 is 0.410 bits per heavy atom. The normalized spacial score (nSPS) is 37.5. The molecule has 10 saturated heterocycles. The second-order valence-electron chi connectivity index (χ2n) is 10.6. The first kappa shape index (κ1) is 30.0. The molecule has 6 bridgehead atoms. The van der Waals surface area contributed by atoms with Crippen LogP contribution >= 0.6 is 0 Å². The standard InChI is InChI=1S/C24H36N6O6S3/c1-19-7-25-9-20(2)10-26(8-19)38(33,34)28-13-23(5)17-30(18-24(6)14-28)39(35,36)29-15-21(3)11-27(37(25,31)32)12-22(4)16-29/h1-18H2. The molecule has 10 fully saturated rings. The Labute approximate surface area is 232 Å². The number of hydrogen-bond donors (Lipinski definition) is 0. The van der Waals surface area contributed by atoms with E-state index in [4.69, 9.17) is 0 Å². The molecule has 0 radical (unpaired) electrons. The lowest BCUT2D eigenvalue weighted by Gasteiger charge is -2.40. The number of nitrogens with zero attached hydrogens (tertiary/aromatic N) is 6. The molecule has 10 aliphatic heterocycles. The maximum Gasteiger partial charge on any atom is 0.283 e. The third-order valence-electron chi connectivity index (χ3n) is 6.76. The molecule has 10 heterocycles. The molecule has 0 N–H and O–H groups in total. The van der Waals surface area contributed by atoms with E-state index in [0.29, 0.717) is 33.4 Å². The zero-order valence-electron chi connectivity index (χ0n) is 22.1. The van der Waals surface area contributed by atoms with Gasteiger partial charge in [0.05, 0.1) is 0 Å². The van der Waals surface area contributed by atoms with E-state index in [-0.39, 0.29) is 78.5 Å². The fraction of sp³-hybridized carbons (Fsp3) is 0.500. The molecule has 0 atom stereocenters. The first-order chi connectivity index (χ1) is 18.0. The van der Waals surface area contributed by atoms with Gasteiger partial charge in [-0.05, 0) is 33.4 Å². The van der Waals surface area contributed by atoms with Crippen LogP contribution in [0, 0.1) is 0 Å². The van der Waals surface area contributed by atoms with E-state index < -0.39 is 30.6 Å². The van der Waals surface area contributed by atoms with Crippen molar-refractivity contribution in [3.05, 3.63) is 72.9 Å². The lowest BCUT2D eigenvalue weighted by molar-refractivity contribution is 0.313. The van der Waals surface area contributed by atoms with Crippen molar-refractivity contribution in [2.45, 2.75) is 0 Å². The van der Waals surface area contributed by atoms with Crippen LogP contribution in [0.2, 0.25) is 0 Å². The van der Waals surface area contributed by atoms with E-state index in [1.54, 1.807) is 0 Å². The van der Waals surface area contributed by atoms with Crippen LogP contribution in [0.1, 0.15) is 0 Å². The summed E-state index contributed by atoms with van der Waals surface area (Å²) < 4.78 is 90.1. The second-order valence-corrected chi connectivity index (χ2v) is 16.4. The molecule has 0 saturated carbocycles. The SMILES string of the molecule is C=C1CN2CC(=C)CN(C1)S(=O)(=O)N1CC(=C)CN(CC(=C)C1)S(=O)(=O)N1CC(=C)CN(CC(=C)C1)S2(=O)=O. The summed E-state index contributed by atoms with van der Waals surface area (Å²) in [6.45, 7) is 22.6. The van der Waals surface area contributed by atoms with Crippen LogP contribution < -0.4 is 0 Å². The van der Waals surface area contributed by atoms with Crippen molar-refractivity contribution < 1.29 is 25.3 Å². The lowest BCUT2D eigenvalue weighted by Crippen LogP contribution is -2.55. The summed E-state index contributed by atoms with van der Waals surface area (Å²) in [5, 5.41) is 0. The highest BCUT2D eigenvalue weighted by Crippen LogP contribution is 2.27. The summed E-state index contributed by atoms with van der Waals surface area (Å²) >= 11 is 0. The van der Waals surface area contributed by atoms with Gasteiger partial charge in [-0.1, -0.05) is 39.5 Å². The predicted octanol–water partition coefficient (Wildman–Crippen LogP) is -0.0756. The van der Waals surface area contributed by atoms with Gasteiger partial charge < -0.3 is 0 Å². The molecule has 0 unspecified atom stereocenters. The van der Waals surface area contributed by atoms with Gasteiger partial charge in [0.1, 0.15) is 0 Å². The largest absolute Gasteiger partial charge is 0.283 e. The van der Waals surface area contributed by atoms with E-state index >= 15 is 0 Å². The first-order valence-electron chi connectivity index (χ1n) is 12.3. The van der Waals surface area contributed by atoms with Crippen LogP contribution in [0.3, 0.4) is 0 Å². The molecule has 15 heteroatoms. The average molecular weight is 601 g/mol. The molecular weight excluding hydrogens is 565 g/mol. The maximum atomic E-state index is 13.8. The third kappa shape index (κ3) is 6.21. The third-order valence-corrected chi connectivity index (χ3v) is 12.2. The van der Waals surface area contributed by atoms with Crippen molar-refractivity contribution in [3.8, 4) is 0 Å². The smallest absolute Gasteiger partial charge is 0.195 e. The number of hydrogen-bond acceptors (Lipinski definition) is 6. The van der Waals surface area contributed by atoms with Crippen molar-refractivity contribution >= 4 is 30.6 Å². The first-order valence-corrected chi connectivity index (χ1v) is 16.4. The quantitative estimate of drug-likeness (QED) is 0.359. The monoisotopic (exact) mass is 600 g/mol. The van der Waals surface area contributed by atoms with Gasteiger partial charge in [-0.3, -0.25) is 0 Å². The Morgan fingerprint density at radius 1 is 0.308 bits per heavy atom. The van der Waals surface area contributed by atoms with E-state index in [1.165, 1.54) is 25.8 Å². The Balaban J connectivity index is 1.86. The van der Waals surface area contributed by atoms with Crippen molar-refractivity contribution in [1.82, 2.24) is 25.8 Å². The van der Waals surface area contributed by atoms with Gasteiger partial charge in [0.15, 0.2) is 0 Å². The topological polar surface area (TPSA) is 122 Å². The Kier molecular flexibility index (Phi) is 8.31. The molecule has 216 valence electrons. The Hall–Kier alpha value is -1.95. The highest BCUT2D eigenvalue weighted by Gasteiger charge is 2.41. The van der Waals surface area contributed by atoms with Gasteiger partial charge in [-0.15, -0.1) is 0 Å². The Morgan fingerprint density at radius 3 is 0.513 bits per heavy atom. The highest BCUT2D eigenvalue weighted by molar-refractivity contribution is 7.87. The van der Waals surface area contributed by atoms with Gasteiger partial charge >= 0.3 is 0 Å². The molecule has 10 rings (SSSR count). The highest BCUT2D eigenvalue weighted by atomic mass is 32.2. The van der Waals surface area contributed by atoms with Crippen LogP contribution in [-0.4, -0.2) is 130 Å². The summed E-state index contributed by atoms with van der Waals surface area (Å²) in [4.78, 5) is 0. The van der Waals surface area contributed by atoms with Crippen molar-refractivity contribution in [1.29, 1.82) is 0 Å². The van der Waals surface area contributed by atoms with Crippen molar-refractivity contribution in [3.63, 3.8) is 0 Å². The molecule has 39 heavy (non-hydrogen) atoms. The summed E-state index contributed by atoms with van der Waals surface area (Å²) in [5.41, 5.74) is 2.38. The van der Waals surface area contributed by atoms with Gasteiger partial charge in [0, 0.05) is 78.5 Å². The molecule has 0 aromatic carbocycles. The molecule has 0 amide bonds. The van der Waals surface area contributed by atoms with Gasteiger partial charge in [-0.25, -0.2) is 0 Å². The molecule has 0 aliphatic carbocycles. The zero-order valence-corrected chi connectivity index (χ0v) is 24.5. The van der Waals surface area contributed by atoms with Gasteiger partial charge in [-0.2, -0.15) is 51.1 Å². The summed E-state index contributed by atoms with van der Waals surface area (Å²) in [6, 6.07) is 0. The summed E-state index contributed by atoms with van der Waals surface area (Å²) in [6.07, 6.45) is 0. The predicted molar refractivity (Wildman–Crippen MR) is 151 cm³/mol. The van der Waals surface area contributed by atoms with Crippen LogP contribution in [0.5, 0.6) is 0 Å². The zero-order chi connectivity index (χ0) is 28.9. The van der Waals surface area contributed by atoms with Crippen LogP contribution in [-0.2, 0) is 30.6 Å². The fourth-order valence-electron chi connectivity index (χ4n) is 5.10. The minimum absolute atomic E-state index is 0.113. The number of rotatable bonds is 0. The second kappa shape index (κ2) is 10.8. The van der Waals surface area contributed by atoms with Crippen LogP contribution in [0.15, 0.2) is 72.9 Å². The molecular formula is C24H36N6O6S3. The van der Waals surface area contributed by atoms with Crippen LogP contribution in [0.4, 0.5) is 0 Å². The minimum atomic E-state index is -4.09. The van der Waals surface area contributed by atoms with Gasteiger partial charge in [0.25, 0.3) is 30.6 Å². The van der Waals surface area contributed by atoms with Crippen LogP contribution in [0.25, 0.3) is 0 Å². The molecule has 0 spiro atoms. The molecule has 0 aromatic heterocycles. The molecule has 12 nitrogen and oxygen atoms in total. The molecule has 0 aromatic rings. The fourth-order valence-corrected chi connectivity index (χ4v) is 10.2. The van der Waals surface area contributed by atoms with E-state index in [2.05, 4.69) is 39.5 Å². The van der Waals surface area contributed by atoms with Crippen molar-refractivity contribution in [2.75, 3.05) is 78.5 Å². The maximum absolute atomic E-state index is 13.8. The van der Waals surface area contributed by atoms with E-state index in [0.717, 1.165) is 0 Å². The molecule has 10 aliphatic rings. The Bertz CT molecular complexity index is 1150. The summed E-state index contributed by atoms with van der Waals surface area (Å²) in [5.74, 6) is 0. The van der Waals surface area contributed by atoms with Crippen molar-refractivity contribution in [2.24, 2.45) is 0 Å². The average Bonchev–Trinajstić information content (AvgIpc) is 2.77. The van der Waals surface area contributed by atoms with E-state index in [9.17, 15) is 25.3 Å². The van der Waals surface area contributed by atoms with Gasteiger partial charge in [0.2, 0.25) is 0 Å². The van der Waals surface area contributed by atoms with E-state index in [1.807, 2.05) is 0 Å².